The Labute approximate surface area is 112 Å². The molecule has 7 heteroatoms. The molecule has 1 fully saturated rings. The third-order valence-electron chi connectivity index (χ3n) is 3.73. The van der Waals surface area contributed by atoms with Crippen molar-refractivity contribution in [3.63, 3.8) is 0 Å². The van der Waals surface area contributed by atoms with E-state index in [4.69, 9.17) is 0 Å². The topological polar surface area (TPSA) is 76.2 Å². The van der Waals surface area contributed by atoms with Crippen molar-refractivity contribution in [2.75, 3.05) is 25.0 Å². The predicted molar refractivity (Wildman–Crippen MR) is 73.6 cm³/mol. The summed E-state index contributed by atoms with van der Waals surface area (Å²) in [5.41, 5.74) is 0. The second-order valence-corrected chi connectivity index (χ2v) is 4.88. The molecule has 0 radical (unpaired) electrons. The fourth-order valence-corrected chi connectivity index (χ4v) is 2.76. The van der Waals surface area contributed by atoms with E-state index in [1.807, 2.05) is 25.5 Å². The van der Waals surface area contributed by atoms with Gasteiger partial charge in [0.15, 0.2) is 0 Å². The standard InChI is InChI=1S/C12H21N5O2/c1-4-16-9(2)14-11(17(18)19)12(16)15-7-5-6-10(8-15)13-3/h10,13H,4-8H2,1-3H3. The van der Waals surface area contributed by atoms with Gasteiger partial charge in [-0.25, -0.2) is 0 Å². The van der Waals surface area contributed by atoms with E-state index in [-0.39, 0.29) is 10.7 Å². The van der Waals surface area contributed by atoms with Crippen molar-refractivity contribution in [2.45, 2.75) is 39.3 Å². The Balaban J connectivity index is 2.39. The molecule has 1 aliphatic heterocycles. The van der Waals surface area contributed by atoms with Crippen LogP contribution in [-0.2, 0) is 6.54 Å². The first kappa shape index (κ1) is 13.8. The number of aromatic nitrogens is 2. The van der Waals surface area contributed by atoms with Crippen molar-refractivity contribution in [3.8, 4) is 0 Å². The van der Waals surface area contributed by atoms with Gasteiger partial charge in [0.25, 0.3) is 0 Å². The second-order valence-electron chi connectivity index (χ2n) is 4.88. The second kappa shape index (κ2) is 5.56. The van der Waals surface area contributed by atoms with E-state index in [0.717, 1.165) is 25.9 Å². The molecule has 0 saturated carbocycles. The molecule has 1 aliphatic rings. The zero-order valence-corrected chi connectivity index (χ0v) is 11.7. The monoisotopic (exact) mass is 267 g/mol. The smallest absolute Gasteiger partial charge is 0.358 e. The fraction of sp³-hybridized carbons (Fsp3) is 0.750. The lowest BCUT2D eigenvalue weighted by Gasteiger charge is -2.33. The first-order valence-electron chi connectivity index (χ1n) is 6.72. The third kappa shape index (κ3) is 2.56. The van der Waals surface area contributed by atoms with E-state index in [1.165, 1.54) is 0 Å². The van der Waals surface area contributed by atoms with Gasteiger partial charge in [0.1, 0.15) is 0 Å². The molecule has 1 aromatic rings. The molecule has 0 amide bonds. The molecular formula is C12H21N5O2. The summed E-state index contributed by atoms with van der Waals surface area (Å²) < 4.78 is 1.93. The van der Waals surface area contributed by atoms with Crippen LogP contribution in [0.3, 0.4) is 0 Å². The van der Waals surface area contributed by atoms with Gasteiger partial charge in [-0.15, -0.1) is 0 Å². The van der Waals surface area contributed by atoms with Crippen LogP contribution in [-0.4, -0.2) is 40.7 Å². The van der Waals surface area contributed by atoms with Crippen LogP contribution in [0.1, 0.15) is 25.6 Å². The van der Waals surface area contributed by atoms with Crippen molar-refractivity contribution in [2.24, 2.45) is 0 Å². The minimum absolute atomic E-state index is 0.0175. The molecule has 1 unspecified atom stereocenters. The molecule has 0 aliphatic carbocycles. The normalized spacial score (nSPS) is 19.7. The number of piperidine rings is 1. The minimum atomic E-state index is -0.377. The van der Waals surface area contributed by atoms with Gasteiger partial charge < -0.3 is 20.3 Å². The number of imidazole rings is 1. The number of nitrogens with zero attached hydrogens (tertiary/aromatic N) is 4. The molecule has 106 valence electrons. The highest BCUT2D eigenvalue weighted by atomic mass is 16.6. The SMILES string of the molecule is CCn1c(C)nc([N+](=O)[O-])c1N1CCCC(NC)C1. The summed E-state index contributed by atoms with van der Waals surface area (Å²) >= 11 is 0. The van der Waals surface area contributed by atoms with Gasteiger partial charge >= 0.3 is 5.82 Å². The quantitative estimate of drug-likeness (QED) is 0.657. The summed E-state index contributed by atoms with van der Waals surface area (Å²) in [6.07, 6.45) is 2.15. The van der Waals surface area contributed by atoms with Crippen LogP contribution in [0, 0.1) is 17.0 Å². The van der Waals surface area contributed by atoms with Crippen molar-refractivity contribution in [1.82, 2.24) is 14.9 Å². The van der Waals surface area contributed by atoms with Crippen LogP contribution in [0.4, 0.5) is 11.6 Å². The molecule has 7 nitrogen and oxygen atoms in total. The molecule has 2 heterocycles. The van der Waals surface area contributed by atoms with Gasteiger partial charge in [-0.3, -0.25) is 4.57 Å². The van der Waals surface area contributed by atoms with Gasteiger partial charge in [-0.1, -0.05) is 0 Å². The summed E-state index contributed by atoms with van der Waals surface area (Å²) in [5, 5.41) is 14.4. The van der Waals surface area contributed by atoms with Crippen LogP contribution >= 0.6 is 0 Å². The van der Waals surface area contributed by atoms with E-state index in [1.54, 1.807) is 0 Å². The molecule has 2 rings (SSSR count). The van der Waals surface area contributed by atoms with Crippen LogP contribution in [0.2, 0.25) is 0 Å². The van der Waals surface area contributed by atoms with E-state index in [2.05, 4.69) is 15.2 Å². The Hall–Kier alpha value is -1.63. The fourth-order valence-electron chi connectivity index (χ4n) is 2.76. The lowest BCUT2D eigenvalue weighted by molar-refractivity contribution is -0.388. The maximum atomic E-state index is 11.2. The molecule has 1 aromatic heterocycles. The molecule has 1 atom stereocenters. The van der Waals surface area contributed by atoms with Crippen LogP contribution in [0.15, 0.2) is 0 Å². The van der Waals surface area contributed by atoms with E-state index in [9.17, 15) is 10.1 Å². The first-order chi connectivity index (χ1) is 9.08. The average molecular weight is 267 g/mol. The Morgan fingerprint density at radius 3 is 2.89 bits per heavy atom. The number of nitro groups is 1. The number of nitrogens with one attached hydrogen (secondary N) is 1. The maximum Gasteiger partial charge on any atom is 0.406 e. The summed E-state index contributed by atoms with van der Waals surface area (Å²) in [4.78, 5) is 17.0. The molecule has 1 saturated heterocycles. The largest absolute Gasteiger partial charge is 0.406 e. The van der Waals surface area contributed by atoms with Gasteiger partial charge in [-0.05, 0) is 36.7 Å². The summed E-state index contributed by atoms with van der Waals surface area (Å²) in [6, 6.07) is 0.383. The molecule has 0 aromatic carbocycles. The van der Waals surface area contributed by atoms with Crippen LogP contribution in [0.5, 0.6) is 0 Å². The van der Waals surface area contributed by atoms with Crippen molar-refractivity contribution in [1.29, 1.82) is 0 Å². The molecule has 19 heavy (non-hydrogen) atoms. The number of hydrogen-bond acceptors (Lipinski definition) is 5. The first-order valence-corrected chi connectivity index (χ1v) is 6.72. The minimum Gasteiger partial charge on any atom is -0.358 e. The Kier molecular flexibility index (Phi) is 4.04. The Morgan fingerprint density at radius 1 is 1.58 bits per heavy atom. The van der Waals surface area contributed by atoms with E-state index >= 15 is 0 Å². The number of aryl methyl sites for hydroxylation is 1. The van der Waals surface area contributed by atoms with Crippen molar-refractivity contribution >= 4 is 11.6 Å². The lowest BCUT2D eigenvalue weighted by atomic mass is 10.1. The number of likely N-dealkylation sites (N-methyl/N-ethyl adjacent to an activating group) is 1. The van der Waals surface area contributed by atoms with Gasteiger partial charge in [0.05, 0.1) is 0 Å². The highest BCUT2D eigenvalue weighted by Gasteiger charge is 2.31. The number of hydrogen-bond donors (Lipinski definition) is 1. The maximum absolute atomic E-state index is 11.2. The predicted octanol–water partition coefficient (Wildman–Crippen LogP) is 1.31. The summed E-state index contributed by atoms with van der Waals surface area (Å²) in [6.45, 7) is 6.15. The molecule has 1 N–H and O–H groups in total. The molecule has 0 bridgehead atoms. The highest BCUT2D eigenvalue weighted by molar-refractivity contribution is 5.56. The molecular weight excluding hydrogens is 246 g/mol. The van der Waals surface area contributed by atoms with Crippen molar-refractivity contribution in [3.05, 3.63) is 15.9 Å². The Bertz CT molecular complexity index is 471. The van der Waals surface area contributed by atoms with E-state index < -0.39 is 0 Å². The lowest BCUT2D eigenvalue weighted by Crippen LogP contribution is -2.45. The van der Waals surface area contributed by atoms with Gasteiger partial charge in [0.2, 0.25) is 11.6 Å². The number of anilines is 1. The van der Waals surface area contributed by atoms with E-state index in [0.29, 0.717) is 24.2 Å². The van der Waals surface area contributed by atoms with Gasteiger partial charge in [0, 0.05) is 32.6 Å². The zero-order valence-electron chi connectivity index (χ0n) is 11.7. The van der Waals surface area contributed by atoms with Gasteiger partial charge in [-0.2, -0.15) is 0 Å². The summed E-state index contributed by atoms with van der Waals surface area (Å²) in [7, 11) is 1.94. The van der Waals surface area contributed by atoms with Crippen molar-refractivity contribution < 1.29 is 4.92 Å². The number of rotatable bonds is 4. The summed E-state index contributed by atoms with van der Waals surface area (Å²) in [5.74, 6) is 1.34. The van der Waals surface area contributed by atoms with Crippen LogP contribution < -0.4 is 10.2 Å². The zero-order chi connectivity index (χ0) is 14.0. The Morgan fingerprint density at radius 2 is 2.32 bits per heavy atom. The highest BCUT2D eigenvalue weighted by Crippen LogP contribution is 2.31. The third-order valence-corrected chi connectivity index (χ3v) is 3.73. The molecule has 0 spiro atoms. The average Bonchev–Trinajstić information content (AvgIpc) is 2.75. The van der Waals surface area contributed by atoms with Crippen LogP contribution in [0.25, 0.3) is 0 Å².